The number of hydrogen-bond donors (Lipinski definition) is 0. The van der Waals surface area contributed by atoms with Gasteiger partial charge in [-0.2, -0.15) is 0 Å². The molecular formula is C24H33AlO3. The van der Waals surface area contributed by atoms with Crippen LogP contribution in [0.2, 0.25) is 0 Å². The minimum absolute atomic E-state index is 0. The summed E-state index contributed by atoms with van der Waals surface area (Å²) in [4.78, 5) is 0. The fourth-order valence-corrected chi connectivity index (χ4v) is 2.43. The summed E-state index contributed by atoms with van der Waals surface area (Å²) in [7, 11) is 0. The van der Waals surface area contributed by atoms with Gasteiger partial charge >= 0.3 is 17.4 Å². The van der Waals surface area contributed by atoms with Crippen molar-refractivity contribution in [3.05, 3.63) is 72.9 Å². The van der Waals surface area contributed by atoms with Crippen molar-refractivity contribution in [2.75, 3.05) is 0 Å². The molecule has 0 amide bonds. The van der Waals surface area contributed by atoms with Gasteiger partial charge in [0.05, 0.1) is 0 Å². The third-order valence-corrected chi connectivity index (χ3v) is 4.97. The number of rotatable bonds is 0. The van der Waals surface area contributed by atoms with E-state index in [0.29, 0.717) is 0 Å². The van der Waals surface area contributed by atoms with E-state index in [9.17, 15) is 15.3 Å². The fraction of sp³-hybridized carbons (Fsp3) is 0.500. The summed E-state index contributed by atoms with van der Waals surface area (Å²) < 4.78 is 0. The Labute approximate surface area is 181 Å². The van der Waals surface area contributed by atoms with Gasteiger partial charge in [-0.15, -0.1) is 0 Å². The van der Waals surface area contributed by atoms with Crippen LogP contribution in [0.15, 0.2) is 72.9 Å². The van der Waals surface area contributed by atoms with Crippen molar-refractivity contribution >= 4 is 17.4 Å². The van der Waals surface area contributed by atoms with E-state index < -0.39 is 18.3 Å². The van der Waals surface area contributed by atoms with Crippen molar-refractivity contribution in [2.24, 2.45) is 16.2 Å². The average molecular weight is 397 g/mol. The van der Waals surface area contributed by atoms with Crippen LogP contribution in [-0.4, -0.2) is 35.7 Å². The number of hydrogen-bond acceptors (Lipinski definition) is 3. The summed E-state index contributed by atoms with van der Waals surface area (Å²) in [6.45, 7) is 11.7. The summed E-state index contributed by atoms with van der Waals surface area (Å²) in [5.74, 6) is 0. The Morgan fingerprint density at radius 1 is 0.464 bits per heavy atom. The minimum atomic E-state index is -0.567. The molecule has 0 fully saturated rings. The molecule has 0 bridgehead atoms. The largest absolute Gasteiger partial charge is 3.00 e. The Kier molecular flexibility index (Phi) is 10.7. The van der Waals surface area contributed by atoms with Gasteiger partial charge in [0.2, 0.25) is 0 Å². The molecule has 0 aromatic heterocycles. The van der Waals surface area contributed by atoms with Gasteiger partial charge in [0.1, 0.15) is 0 Å². The molecule has 0 aromatic carbocycles. The van der Waals surface area contributed by atoms with Crippen LogP contribution in [0.3, 0.4) is 0 Å². The Hall–Kier alpha value is -1.15. The van der Waals surface area contributed by atoms with Crippen molar-refractivity contribution < 1.29 is 15.3 Å². The van der Waals surface area contributed by atoms with Crippen LogP contribution in [0, 0.1) is 16.2 Å². The van der Waals surface area contributed by atoms with E-state index in [4.69, 9.17) is 0 Å². The van der Waals surface area contributed by atoms with Gasteiger partial charge in [0, 0.05) is 0 Å². The van der Waals surface area contributed by atoms with Crippen molar-refractivity contribution in [1.29, 1.82) is 0 Å². The van der Waals surface area contributed by atoms with Gasteiger partial charge in [0.25, 0.3) is 0 Å². The molecule has 3 atom stereocenters. The molecule has 0 radical (unpaired) electrons. The first kappa shape index (κ1) is 26.9. The second kappa shape index (κ2) is 11.1. The maximum atomic E-state index is 11.1. The molecule has 28 heavy (non-hydrogen) atoms. The van der Waals surface area contributed by atoms with E-state index in [0.717, 1.165) is 0 Å². The molecule has 150 valence electrons. The molecule has 0 spiro atoms. The van der Waals surface area contributed by atoms with Gasteiger partial charge in [-0.3, -0.25) is 0 Å². The van der Waals surface area contributed by atoms with Gasteiger partial charge < -0.3 is 15.3 Å². The quantitative estimate of drug-likeness (QED) is 0.590. The smallest absolute Gasteiger partial charge is 0.848 e. The Bertz CT molecular complexity index is 558. The zero-order valence-corrected chi connectivity index (χ0v) is 19.1. The molecule has 0 aliphatic heterocycles. The zero-order chi connectivity index (χ0) is 20.7. The maximum Gasteiger partial charge on any atom is 3.00 e. The van der Waals surface area contributed by atoms with Crippen LogP contribution in [-0.2, 0) is 0 Å². The van der Waals surface area contributed by atoms with Gasteiger partial charge in [0.15, 0.2) is 0 Å². The third kappa shape index (κ3) is 8.47. The van der Waals surface area contributed by atoms with Crippen LogP contribution in [0.4, 0.5) is 0 Å². The molecule has 0 heterocycles. The summed E-state index contributed by atoms with van der Waals surface area (Å²) >= 11 is 0. The first-order valence-corrected chi connectivity index (χ1v) is 9.44. The fourth-order valence-electron chi connectivity index (χ4n) is 2.43. The van der Waals surface area contributed by atoms with Crippen LogP contribution in [0.5, 0.6) is 0 Å². The van der Waals surface area contributed by atoms with E-state index in [1.807, 2.05) is 96.2 Å². The van der Waals surface area contributed by atoms with Crippen LogP contribution < -0.4 is 15.3 Å². The summed E-state index contributed by atoms with van der Waals surface area (Å²) in [5, 5.41) is 33.2. The number of allylic oxidation sites excluding steroid dienone is 6. The monoisotopic (exact) mass is 396 g/mol. The summed E-state index contributed by atoms with van der Waals surface area (Å²) in [5.41, 5.74) is -0.557. The van der Waals surface area contributed by atoms with Gasteiger partial charge in [-0.25, -0.2) is 0 Å². The third-order valence-electron chi connectivity index (χ3n) is 4.97. The van der Waals surface area contributed by atoms with Gasteiger partial charge in [-0.05, 0) is 16.2 Å². The molecule has 0 saturated heterocycles. The molecule has 3 aliphatic carbocycles. The van der Waals surface area contributed by atoms with Crippen LogP contribution in [0.1, 0.15) is 41.5 Å². The van der Waals surface area contributed by atoms with E-state index in [1.165, 1.54) is 0 Å². The van der Waals surface area contributed by atoms with E-state index >= 15 is 0 Å². The van der Waals surface area contributed by atoms with E-state index in [1.54, 1.807) is 18.2 Å². The second-order valence-corrected chi connectivity index (χ2v) is 8.96. The van der Waals surface area contributed by atoms with Gasteiger partial charge in [-0.1, -0.05) is 133 Å². The molecule has 3 rings (SSSR count). The normalized spacial score (nSPS) is 29.7. The minimum Gasteiger partial charge on any atom is -0.848 e. The maximum absolute atomic E-state index is 11.1. The van der Waals surface area contributed by atoms with E-state index in [2.05, 4.69) is 0 Å². The van der Waals surface area contributed by atoms with Crippen LogP contribution in [0.25, 0.3) is 0 Å². The molecular weight excluding hydrogens is 363 g/mol. The molecule has 3 nitrogen and oxygen atoms in total. The van der Waals surface area contributed by atoms with Crippen molar-refractivity contribution in [2.45, 2.75) is 59.9 Å². The first-order chi connectivity index (χ1) is 12.4. The zero-order valence-electron chi connectivity index (χ0n) is 18.0. The second-order valence-electron chi connectivity index (χ2n) is 8.96. The predicted molar refractivity (Wildman–Crippen MR) is 113 cm³/mol. The average Bonchev–Trinajstić information content (AvgIpc) is 2.57. The van der Waals surface area contributed by atoms with Crippen molar-refractivity contribution in [3.63, 3.8) is 0 Å². The first-order valence-electron chi connectivity index (χ1n) is 9.44. The molecule has 3 unspecified atom stereocenters. The standard InChI is InChI=1S/3C8H11O.Al/c3*1-8(2)6-4-3-5-7(8)9;/h3*3-7H,1-2H3;/q3*-1;+3. The predicted octanol–water partition coefficient (Wildman–Crippen LogP) is 2.22. The Balaban J connectivity index is 0.000000384. The molecule has 3 aliphatic rings. The Morgan fingerprint density at radius 3 is 0.786 bits per heavy atom. The SMILES string of the molecule is CC1(C)C=CC=CC1[O-].CC1(C)C=CC=CC1[O-].CC1(C)C=CC=CC1[O-].[Al+3]. The molecule has 4 heteroatoms. The van der Waals surface area contributed by atoms with E-state index in [-0.39, 0.29) is 33.6 Å². The molecule has 0 saturated carbocycles. The molecule has 0 aromatic rings. The topological polar surface area (TPSA) is 69.2 Å². The van der Waals surface area contributed by atoms with Crippen molar-refractivity contribution in [1.82, 2.24) is 0 Å². The molecule has 0 N–H and O–H groups in total. The van der Waals surface area contributed by atoms with Crippen LogP contribution >= 0.6 is 0 Å². The summed E-state index contributed by atoms with van der Waals surface area (Å²) in [6, 6.07) is 0. The van der Waals surface area contributed by atoms with Crippen molar-refractivity contribution in [3.8, 4) is 0 Å². The summed E-state index contributed by atoms with van der Waals surface area (Å²) in [6.07, 6.45) is 20.4. The Morgan fingerprint density at radius 2 is 0.679 bits per heavy atom.